The molecule has 2 aliphatic carbocycles. The Bertz CT molecular complexity index is 1790. The number of carbonyl (C=O) groups excluding carboxylic acids is 4. The Morgan fingerprint density at radius 2 is 1.17 bits per heavy atom. The van der Waals surface area contributed by atoms with Crippen LogP contribution in [0.5, 0.6) is 5.95 Å². The molecule has 16 nitrogen and oxygen atoms in total. The Morgan fingerprint density at radius 1 is 0.656 bits per heavy atom. The van der Waals surface area contributed by atoms with Crippen molar-refractivity contribution in [3.05, 3.63) is 42.6 Å². The summed E-state index contributed by atoms with van der Waals surface area (Å²) in [6, 6.07) is 6.43. The average Bonchev–Trinajstić information content (AvgIpc) is 3.84. The predicted octanol–water partition coefficient (Wildman–Crippen LogP) is 10.0. The van der Waals surface area contributed by atoms with Gasteiger partial charge in [-0.1, -0.05) is 41.5 Å². The van der Waals surface area contributed by atoms with Crippen molar-refractivity contribution in [1.29, 1.82) is 0 Å². The molecule has 362 valence electrons. The van der Waals surface area contributed by atoms with Crippen LogP contribution in [0, 0.1) is 21.7 Å². The quantitative estimate of drug-likeness (QED) is 0.0919. The Hall–Kier alpha value is -4.44. The van der Waals surface area contributed by atoms with Gasteiger partial charge in [0.1, 0.15) is 18.5 Å². The third kappa shape index (κ3) is 18.6. The van der Waals surface area contributed by atoms with Crippen LogP contribution >= 0.6 is 0 Å². The van der Waals surface area contributed by atoms with E-state index in [0.29, 0.717) is 44.5 Å². The van der Waals surface area contributed by atoms with E-state index in [0.717, 1.165) is 25.7 Å². The van der Waals surface area contributed by atoms with Crippen molar-refractivity contribution in [2.75, 3.05) is 19.7 Å². The first kappa shape index (κ1) is 52.2. The Balaban J connectivity index is 1.14. The van der Waals surface area contributed by atoms with E-state index >= 15 is 0 Å². The van der Waals surface area contributed by atoms with Crippen molar-refractivity contribution in [1.82, 2.24) is 21.3 Å². The van der Waals surface area contributed by atoms with Gasteiger partial charge in [-0.25, -0.2) is 19.2 Å². The molecule has 7 unspecified atom stereocenters. The lowest BCUT2D eigenvalue weighted by molar-refractivity contribution is -0.137. The molecule has 0 aliphatic heterocycles. The molecule has 2 aliphatic rings. The fraction of sp³-hybridized carbons (Fsp3) is 0.750. The first-order valence-corrected chi connectivity index (χ1v) is 22.8. The Labute approximate surface area is 380 Å². The minimum atomic E-state index is -0.617. The maximum Gasteiger partial charge on any atom is 0.415 e. The average molecular weight is 903 g/mol. The highest BCUT2D eigenvalue weighted by Gasteiger charge is 2.44. The van der Waals surface area contributed by atoms with Crippen molar-refractivity contribution in [2.24, 2.45) is 21.7 Å². The number of rotatable bonds is 20. The van der Waals surface area contributed by atoms with E-state index in [-0.39, 0.29) is 65.1 Å². The highest BCUT2D eigenvalue weighted by Crippen LogP contribution is 2.47. The molecular formula is C48H78N4O12. The fourth-order valence-electron chi connectivity index (χ4n) is 10.8. The van der Waals surface area contributed by atoms with Gasteiger partial charge < -0.3 is 58.5 Å². The van der Waals surface area contributed by atoms with Gasteiger partial charge in [0.15, 0.2) is 6.61 Å². The summed E-state index contributed by atoms with van der Waals surface area (Å²) in [5.74, 6) is 0.698. The molecule has 2 aromatic heterocycles. The van der Waals surface area contributed by atoms with Crippen LogP contribution in [0.4, 0.5) is 19.2 Å². The second-order valence-electron chi connectivity index (χ2n) is 22.1. The van der Waals surface area contributed by atoms with Crippen molar-refractivity contribution >= 4 is 24.4 Å². The van der Waals surface area contributed by atoms with Crippen LogP contribution < -0.4 is 26.0 Å². The zero-order chi connectivity index (χ0) is 47.6. The van der Waals surface area contributed by atoms with E-state index < -0.39 is 41.7 Å². The van der Waals surface area contributed by atoms with Gasteiger partial charge in [0, 0.05) is 44.1 Å². The fourth-order valence-corrected chi connectivity index (χ4v) is 10.8. The number of ether oxygens (including phenoxy) is 6. The molecule has 2 fully saturated rings. The van der Waals surface area contributed by atoms with Crippen LogP contribution in [0.2, 0.25) is 0 Å². The summed E-state index contributed by atoms with van der Waals surface area (Å²) in [6.45, 7) is 27.4. The molecule has 16 heteroatoms. The number of nitrogens with one attached hydrogen (secondary N) is 4. The number of alkyl carbamates (subject to hydrolysis) is 3. The van der Waals surface area contributed by atoms with Gasteiger partial charge in [-0.05, 0) is 127 Å². The number of hydrogen-bond donors (Lipinski definition) is 4. The Morgan fingerprint density at radius 3 is 1.72 bits per heavy atom. The summed E-state index contributed by atoms with van der Waals surface area (Å²) in [7, 11) is 0. The summed E-state index contributed by atoms with van der Waals surface area (Å²) in [6.07, 6.45) is 5.50. The van der Waals surface area contributed by atoms with E-state index in [1.807, 2.05) is 48.5 Å². The normalized spacial score (nSPS) is 24.6. The van der Waals surface area contributed by atoms with Gasteiger partial charge in [-0.2, -0.15) is 0 Å². The van der Waals surface area contributed by atoms with Crippen LogP contribution in [0.25, 0.3) is 0 Å². The van der Waals surface area contributed by atoms with E-state index in [1.165, 1.54) is 12.5 Å². The minimum Gasteiger partial charge on any atom is -0.466 e. The molecule has 0 saturated heterocycles. The first-order valence-electron chi connectivity index (χ1n) is 22.8. The zero-order valence-electron chi connectivity index (χ0n) is 40.7. The molecule has 4 rings (SSSR count). The van der Waals surface area contributed by atoms with Gasteiger partial charge in [0.05, 0.1) is 35.9 Å². The second-order valence-corrected chi connectivity index (χ2v) is 22.1. The monoisotopic (exact) mass is 903 g/mol. The summed E-state index contributed by atoms with van der Waals surface area (Å²) in [5.41, 5.74) is -1.92. The van der Waals surface area contributed by atoms with E-state index in [2.05, 4.69) is 62.8 Å². The maximum absolute atomic E-state index is 13.0. The largest absolute Gasteiger partial charge is 0.466 e. The number of hydrogen-bond acceptors (Lipinski definition) is 12. The van der Waals surface area contributed by atoms with E-state index in [4.69, 9.17) is 37.3 Å². The van der Waals surface area contributed by atoms with E-state index in [9.17, 15) is 19.2 Å². The van der Waals surface area contributed by atoms with Crippen LogP contribution in [-0.2, 0) is 30.3 Å². The topological polar surface area (TPSA) is 198 Å². The third-order valence-corrected chi connectivity index (χ3v) is 11.8. The molecule has 2 aromatic rings. The van der Waals surface area contributed by atoms with Gasteiger partial charge in [-0.15, -0.1) is 0 Å². The molecule has 4 amide bonds. The van der Waals surface area contributed by atoms with Crippen LogP contribution in [0.15, 0.2) is 45.6 Å². The molecule has 7 atom stereocenters. The minimum absolute atomic E-state index is 0.0548. The molecule has 0 aromatic carbocycles. The van der Waals surface area contributed by atoms with Gasteiger partial charge in [0.2, 0.25) is 0 Å². The summed E-state index contributed by atoms with van der Waals surface area (Å²) >= 11 is 0. The molecule has 0 radical (unpaired) electrons. The maximum atomic E-state index is 13.0. The summed E-state index contributed by atoms with van der Waals surface area (Å²) in [4.78, 5) is 51.0. The predicted molar refractivity (Wildman–Crippen MR) is 241 cm³/mol. The lowest BCUT2D eigenvalue weighted by atomic mass is 9.62. The van der Waals surface area contributed by atoms with Crippen LogP contribution in [0.1, 0.15) is 147 Å². The first-order chi connectivity index (χ1) is 29.6. The lowest BCUT2D eigenvalue weighted by Gasteiger charge is -2.46. The SMILES string of the molecule is CC(CC(C)(C)OC(C)CC(C)(C)OC(C)COC(=O)NC1CC(C)(C)CC(C)(CNC(=O)OCc2ccco2)C1)OC(=O)NCC1(C)CC(NC(=O)Oc2ccco2)CC(C)(C)C1. The standard InChI is InChI=1S/C48H78N4O12/c1-32(61-40(54)50-31-48(13)25-36(23-44(6,7)29-48)52-42(56)62-38-17-15-19-58-38)20-45(8,9)63-33(2)21-46(10,11)64-34(3)26-59-41(55)51-35-22-43(4,5)28-47(12,24-35)30-49-39(53)60-27-37-16-14-18-57-37/h14-19,32-36H,20-31H2,1-13H3,(H,49,53)(H,50,54)(H,51,55)(H,52,56). The third-order valence-electron chi connectivity index (χ3n) is 11.8. The van der Waals surface area contributed by atoms with Crippen molar-refractivity contribution in [2.45, 2.75) is 190 Å². The summed E-state index contributed by atoms with van der Waals surface area (Å²) in [5, 5.41) is 11.9. The van der Waals surface area contributed by atoms with Gasteiger partial charge in [0.25, 0.3) is 5.95 Å². The molecular weight excluding hydrogens is 825 g/mol. The number of amides is 4. The van der Waals surface area contributed by atoms with Gasteiger partial charge >= 0.3 is 24.4 Å². The lowest BCUT2D eigenvalue weighted by Crippen LogP contribution is -2.51. The highest BCUT2D eigenvalue weighted by molar-refractivity contribution is 5.70. The summed E-state index contributed by atoms with van der Waals surface area (Å²) < 4.78 is 45.2. The van der Waals surface area contributed by atoms with Gasteiger partial charge in [-0.3, -0.25) is 0 Å². The van der Waals surface area contributed by atoms with E-state index in [1.54, 1.807) is 24.3 Å². The zero-order valence-corrected chi connectivity index (χ0v) is 40.7. The second kappa shape index (κ2) is 21.7. The molecule has 2 heterocycles. The van der Waals surface area contributed by atoms with Crippen molar-refractivity contribution in [3.8, 4) is 5.95 Å². The smallest absolute Gasteiger partial charge is 0.415 e. The number of carbonyl (C=O) groups is 4. The molecule has 2 saturated carbocycles. The molecule has 64 heavy (non-hydrogen) atoms. The molecule has 4 N–H and O–H groups in total. The van der Waals surface area contributed by atoms with Crippen molar-refractivity contribution < 1.29 is 56.4 Å². The van der Waals surface area contributed by atoms with Crippen molar-refractivity contribution in [3.63, 3.8) is 0 Å². The highest BCUT2D eigenvalue weighted by atomic mass is 16.6. The van der Waals surface area contributed by atoms with Crippen LogP contribution in [0.3, 0.4) is 0 Å². The number of furan rings is 2. The Kier molecular flexibility index (Phi) is 17.7. The molecule has 0 spiro atoms. The van der Waals surface area contributed by atoms with Crippen LogP contribution in [-0.4, -0.2) is 85.7 Å². The molecule has 0 bridgehead atoms.